The minimum Gasteiger partial charge on any atom is -0.466 e. The van der Waals surface area contributed by atoms with Crippen LogP contribution in [0, 0.1) is 0 Å². The highest BCUT2D eigenvalue weighted by atomic mass is 16.5. The van der Waals surface area contributed by atoms with Crippen molar-refractivity contribution < 1.29 is 14.3 Å². The molecule has 0 bridgehead atoms. The molecule has 4 nitrogen and oxygen atoms in total. The molecule has 0 aliphatic rings. The lowest BCUT2D eigenvalue weighted by Crippen LogP contribution is -2.22. The first kappa shape index (κ1) is 20.2. The molecule has 0 spiro atoms. The van der Waals surface area contributed by atoms with Crippen molar-refractivity contribution in [3.05, 3.63) is 96.6 Å². The van der Waals surface area contributed by atoms with Gasteiger partial charge in [-0.25, -0.2) is 0 Å². The van der Waals surface area contributed by atoms with Gasteiger partial charge >= 0.3 is 5.97 Å². The van der Waals surface area contributed by atoms with E-state index in [4.69, 9.17) is 9.47 Å². The molecule has 0 radical (unpaired) electrons. The van der Waals surface area contributed by atoms with Gasteiger partial charge in [-0.15, -0.1) is 0 Å². The van der Waals surface area contributed by atoms with Crippen molar-refractivity contribution >= 4 is 17.7 Å². The molecule has 148 valence electrons. The van der Waals surface area contributed by atoms with Crippen molar-refractivity contribution in [2.75, 3.05) is 11.9 Å². The minimum atomic E-state index is -0.246. The van der Waals surface area contributed by atoms with Crippen LogP contribution in [0.15, 0.2) is 91.0 Å². The Labute approximate surface area is 171 Å². The van der Waals surface area contributed by atoms with E-state index in [1.54, 1.807) is 0 Å². The van der Waals surface area contributed by atoms with Crippen LogP contribution in [-0.4, -0.2) is 18.6 Å². The summed E-state index contributed by atoms with van der Waals surface area (Å²) in [5.41, 5.74) is 1.88. The normalized spacial score (nSPS) is 11.8. The number of carbonyl (C=O) groups is 1. The molecule has 3 aromatic rings. The van der Waals surface area contributed by atoms with E-state index in [1.807, 2.05) is 104 Å². The minimum absolute atomic E-state index is 0.219. The Kier molecular flexibility index (Phi) is 7.47. The Morgan fingerprint density at radius 1 is 0.931 bits per heavy atom. The molecule has 0 fully saturated rings. The summed E-state index contributed by atoms with van der Waals surface area (Å²) >= 11 is 0. The molecule has 0 saturated heterocycles. The third-order valence-electron chi connectivity index (χ3n) is 4.21. The summed E-state index contributed by atoms with van der Waals surface area (Å²) in [5, 5.41) is 3.41. The fourth-order valence-electron chi connectivity index (χ4n) is 2.85. The Morgan fingerprint density at radius 3 is 2.31 bits per heavy atom. The molecule has 1 N–H and O–H groups in total. The molecule has 0 saturated carbocycles. The fourth-order valence-corrected chi connectivity index (χ4v) is 2.85. The number of esters is 1. The summed E-state index contributed by atoms with van der Waals surface area (Å²) in [6.07, 6.45) is 4.19. The average molecular weight is 387 g/mol. The monoisotopic (exact) mass is 387 g/mol. The topological polar surface area (TPSA) is 47.6 Å². The summed E-state index contributed by atoms with van der Waals surface area (Å²) in [7, 11) is 0. The largest absolute Gasteiger partial charge is 0.466 e. The lowest BCUT2D eigenvalue weighted by atomic mass is 10.1. The van der Waals surface area contributed by atoms with Gasteiger partial charge in [0.25, 0.3) is 0 Å². The van der Waals surface area contributed by atoms with Gasteiger partial charge in [-0.3, -0.25) is 4.79 Å². The Balaban J connectivity index is 1.79. The van der Waals surface area contributed by atoms with Crippen LogP contribution in [0.4, 0.5) is 5.69 Å². The van der Waals surface area contributed by atoms with Crippen LogP contribution in [0.1, 0.15) is 18.9 Å². The van der Waals surface area contributed by atoms with Gasteiger partial charge in [0.1, 0.15) is 5.75 Å². The molecule has 4 heteroatoms. The number of carbonyl (C=O) groups excluding carboxylic acids is 1. The van der Waals surface area contributed by atoms with Crippen molar-refractivity contribution in [1.82, 2.24) is 0 Å². The molecule has 0 aromatic heterocycles. The molecule has 3 aromatic carbocycles. The van der Waals surface area contributed by atoms with E-state index in [9.17, 15) is 4.79 Å². The second-order valence-corrected chi connectivity index (χ2v) is 6.44. The second-order valence-electron chi connectivity index (χ2n) is 6.44. The third-order valence-corrected chi connectivity index (χ3v) is 4.21. The van der Waals surface area contributed by atoms with Gasteiger partial charge in [0.05, 0.1) is 24.8 Å². The van der Waals surface area contributed by atoms with E-state index in [0.29, 0.717) is 12.4 Å². The molecule has 0 amide bonds. The van der Waals surface area contributed by atoms with Crippen molar-refractivity contribution in [3.8, 4) is 11.5 Å². The summed E-state index contributed by atoms with van der Waals surface area (Å²) in [6.45, 7) is 2.17. The van der Waals surface area contributed by atoms with E-state index >= 15 is 0 Å². The van der Waals surface area contributed by atoms with Crippen molar-refractivity contribution in [2.45, 2.75) is 19.4 Å². The van der Waals surface area contributed by atoms with E-state index in [1.165, 1.54) is 0 Å². The summed E-state index contributed by atoms with van der Waals surface area (Å²) < 4.78 is 11.2. The molecule has 29 heavy (non-hydrogen) atoms. The predicted molar refractivity (Wildman–Crippen MR) is 117 cm³/mol. The molecular weight excluding hydrogens is 362 g/mol. The summed E-state index contributed by atoms with van der Waals surface area (Å²) in [6, 6.07) is 27.0. The van der Waals surface area contributed by atoms with E-state index in [0.717, 1.165) is 17.0 Å². The first-order chi connectivity index (χ1) is 14.2. The Hall–Kier alpha value is -3.53. The highest BCUT2D eigenvalue weighted by Crippen LogP contribution is 2.30. The van der Waals surface area contributed by atoms with Gasteiger partial charge in [-0.05, 0) is 36.8 Å². The van der Waals surface area contributed by atoms with Crippen molar-refractivity contribution in [1.29, 1.82) is 0 Å². The maximum Gasteiger partial charge on any atom is 0.308 e. The third kappa shape index (κ3) is 6.54. The molecule has 0 heterocycles. The van der Waals surface area contributed by atoms with Crippen LogP contribution in [0.5, 0.6) is 11.5 Å². The van der Waals surface area contributed by atoms with Gasteiger partial charge in [-0.2, -0.15) is 0 Å². The number of anilines is 1. The lowest BCUT2D eigenvalue weighted by Gasteiger charge is -2.19. The number of hydrogen-bond acceptors (Lipinski definition) is 4. The highest BCUT2D eigenvalue weighted by molar-refractivity contribution is 5.72. The summed E-state index contributed by atoms with van der Waals surface area (Å²) in [4.78, 5) is 12.1. The van der Waals surface area contributed by atoms with Crippen LogP contribution < -0.4 is 10.1 Å². The Morgan fingerprint density at radius 2 is 1.59 bits per heavy atom. The predicted octanol–water partition coefficient (Wildman–Crippen LogP) is 5.93. The van der Waals surface area contributed by atoms with E-state index < -0.39 is 0 Å². The van der Waals surface area contributed by atoms with E-state index in [2.05, 4.69) is 5.32 Å². The maximum atomic E-state index is 12.1. The molecule has 0 unspecified atom stereocenters. The molecule has 0 aliphatic carbocycles. The number of benzene rings is 3. The van der Waals surface area contributed by atoms with Gasteiger partial charge in [-0.1, -0.05) is 72.8 Å². The summed E-state index contributed by atoms with van der Waals surface area (Å²) in [5.74, 6) is 1.20. The van der Waals surface area contributed by atoms with Gasteiger partial charge in [0, 0.05) is 0 Å². The van der Waals surface area contributed by atoms with Crippen molar-refractivity contribution in [3.63, 3.8) is 0 Å². The van der Waals surface area contributed by atoms with Gasteiger partial charge in [0.15, 0.2) is 5.75 Å². The molecule has 1 atom stereocenters. The fraction of sp³-hybridized carbons (Fsp3) is 0.160. The zero-order chi connectivity index (χ0) is 20.3. The number of nitrogens with one attached hydrogen (secondary N) is 1. The highest BCUT2D eigenvalue weighted by Gasteiger charge is 2.14. The standard InChI is InChI=1S/C25H25NO3/c1-2-28-25(27)19-21(18-17-20-11-5-3-6-12-20)26-23-15-9-10-16-24(23)29-22-13-7-4-8-14-22/h3-18,21,26H,2,19H2,1H3/b18-17+/t21-/m1/s1. The zero-order valence-electron chi connectivity index (χ0n) is 16.5. The van der Waals surface area contributed by atoms with Crippen LogP contribution >= 0.6 is 0 Å². The Bertz CT molecular complexity index is 923. The number of hydrogen-bond donors (Lipinski definition) is 1. The lowest BCUT2D eigenvalue weighted by molar-refractivity contribution is -0.143. The van der Waals surface area contributed by atoms with Gasteiger partial charge < -0.3 is 14.8 Å². The SMILES string of the molecule is CCOC(=O)C[C@@H](/C=C/c1ccccc1)Nc1ccccc1Oc1ccccc1. The van der Waals surface area contributed by atoms with Crippen LogP contribution in [0.25, 0.3) is 6.08 Å². The van der Waals surface area contributed by atoms with Crippen LogP contribution in [-0.2, 0) is 9.53 Å². The second kappa shape index (κ2) is 10.7. The maximum absolute atomic E-state index is 12.1. The van der Waals surface area contributed by atoms with Crippen LogP contribution in [0.3, 0.4) is 0 Å². The smallest absolute Gasteiger partial charge is 0.308 e. The molecule has 3 rings (SSSR count). The quantitative estimate of drug-likeness (QED) is 0.463. The molecule has 0 aliphatic heterocycles. The van der Waals surface area contributed by atoms with Crippen molar-refractivity contribution in [2.24, 2.45) is 0 Å². The number of para-hydroxylation sites is 3. The first-order valence-electron chi connectivity index (χ1n) is 9.72. The van der Waals surface area contributed by atoms with Gasteiger partial charge in [0.2, 0.25) is 0 Å². The first-order valence-corrected chi connectivity index (χ1v) is 9.72. The molecular formula is C25H25NO3. The average Bonchev–Trinajstić information content (AvgIpc) is 2.75. The number of ether oxygens (including phenoxy) is 2. The zero-order valence-corrected chi connectivity index (χ0v) is 16.5. The van der Waals surface area contributed by atoms with Crippen LogP contribution in [0.2, 0.25) is 0 Å². The number of rotatable bonds is 9. The van der Waals surface area contributed by atoms with E-state index in [-0.39, 0.29) is 18.4 Å².